The van der Waals surface area contributed by atoms with Gasteiger partial charge < -0.3 is 5.32 Å². The summed E-state index contributed by atoms with van der Waals surface area (Å²) >= 11 is 0. The van der Waals surface area contributed by atoms with Crippen LogP contribution in [0.3, 0.4) is 0 Å². The van der Waals surface area contributed by atoms with Gasteiger partial charge in [-0.15, -0.1) is 0 Å². The molecule has 4 aromatic rings. The predicted octanol–water partition coefficient (Wildman–Crippen LogP) is 4.21. The molecule has 1 amide bonds. The van der Waals surface area contributed by atoms with Gasteiger partial charge in [0.05, 0.1) is 17.1 Å². The summed E-state index contributed by atoms with van der Waals surface area (Å²) in [7, 11) is -3.89. The zero-order chi connectivity index (χ0) is 24.1. The largest absolute Gasteiger partial charge is 0.322 e. The molecule has 0 fully saturated rings. The molecule has 0 aliphatic carbocycles. The third-order valence-electron chi connectivity index (χ3n) is 5.20. The molecule has 0 saturated heterocycles. The Hall–Kier alpha value is -4.01. The van der Waals surface area contributed by atoms with Gasteiger partial charge in [-0.3, -0.25) is 9.48 Å². The minimum absolute atomic E-state index is 0.0252. The molecule has 0 aliphatic heterocycles. The maximum absolute atomic E-state index is 12.6. The van der Waals surface area contributed by atoms with Crippen LogP contribution in [0.15, 0.2) is 96.0 Å². The van der Waals surface area contributed by atoms with E-state index in [-0.39, 0.29) is 4.90 Å². The second-order valence-corrected chi connectivity index (χ2v) is 9.36. The van der Waals surface area contributed by atoms with Crippen LogP contribution in [0.5, 0.6) is 0 Å². The summed E-state index contributed by atoms with van der Waals surface area (Å²) in [5.41, 5.74) is 4.44. The first-order chi connectivity index (χ1) is 16.3. The first kappa shape index (κ1) is 23.2. The SMILES string of the molecule is Cc1ccc(NC(=O)/C=C/c2cn(Cc3ccccc3)nc2-c2ccccc2)cc1S(N)(=O)=O. The zero-order valence-electron chi connectivity index (χ0n) is 18.5. The van der Waals surface area contributed by atoms with Crippen LogP contribution < -0.4 is 10.5 Å². The van der Waals surface area contributed by atoms with E-state index in [1.165, 1.54) is 12.1 Å². The van der Waals surface area contributed by atoms with Gasteiger partial charge in [0.15, 0.2) is 0 Å². The highest BCUT2D eigenvalue weighted by Gasteiger charge is 2.13. The second kappa shape index (κ2) is 9.86. The Bertz CT molecular complexity index is 1440. The molecule has 34 heavy (non-hydrogen) atoms. The molecule has 7 nitrogen and oxygen atoms in total. The Labute approximate surface area is 198 Å². The van der Waals surface area contributed by atoms with Gasteiger partial charge in [0.1, 0.15) is 0 Å². The lowest BCUT2D eigenvalue weighted by atomic mass is 10.1. The highest BCUT2D eigenvalue weighted by molar-refractivity contribution is 7.89. The first-order valence-electron chi connectivity index (χ1n) is 10.6. The van der Waals surface area contributed by atoms with Crippen LogP contribution in [0.2, 0.25) is 0 Å². The Morgan fingerprint density at radius 3 is 2.38 bits per heavy atom. The standard InChI is InChI=1S/C26H24N4O3S/c1-19-12-14-23(16-24(19)34(27,32)33)28-25(31)15-13-22-18-30(17-20-8-4-2-5-9-20)29-26(22)21-10-6-3-7-11-21/h2-16,18H,17H2,1H3,(H,28,31)(H2,27,32,33)/b15-13+. The van der Waals surface area contributed by atoms with E-state index in [4.69, 9.17) is 10.2 Å². The number of hydrogen-bond donors (Lipinski definition) is 2. The highest BCUT2D eigenvalue weighted by atomic mass is 32.2. The van der Waals surface area contributed by atoms with E-state index in [1.807, 2.05) is 71.5 Å². The van der Waals surface area contributed by atoms with Gasteiger partial charge in [-0.25, -0.2) is 13.6 Å². The molecule has 1 aromatic heterocycles. The van der Waals surface area contributed by atoms with Crippen LogP contribution in [0.25, 0.3) is 17.3 Å². The number of benzene rings is 3. The number of primary sulfonamides is 1. The van der Waals surface area contributed by atoms with E-state index in [0.717, 1.165) is 22.4 Å². The highest BCUT2D eigenvalue weighted by Crippen LogP contribution is 2.24. The molecule has 3 N–H and O–H groups in total. The molecular weight excluding hydrogens is 448 g/mol. The number of hydrogen-bond acceptors (Lipinski definition) is 4. The molecule has 0 aliphatic rings. The van der Waals surface area contributed by atoms with Gasteiger partial charge in [-0.1, -0.05) is 66.7 Å². The van der Waals surface area contributed by atoms with Crippen LogP contribution in [0.1, 0.15) is 16.7 Å². The van der Waals surface area contributed by atoms with Crippen LogP contribution >= 0.6 is 0 Å². The molecular formula is C26H24N4O3S. The molecule has 1 heterocycles. The lowest BCUT2D eigenvalue weighted by molar-refractivity contribution is -0.111. The summed E-state index contributed by atoms with van der Waals surface area (Å²) in [6.07, 6.45) is 4.98. The molecule has 0 atom stereocenters. The number of nitrogens with zero attached hydrogens (tertiary/aromatic N) is 2. The number of anilines is 1. The number of aryl methyl sites for hydroxylation is 1. The third kappa shape index (κ3) is 5.67. The summed E-state index contributed by atoms with van der Waals surface area (Å²) in [5, 5.41) is 12.7. The van der Waals surface area contributed by atoms with Gasteiger partial charge in [0.25, 0.3) is 0 Å². The Morgan fingerprint density at radius 2 is 1.71 bits per heavy atom. The number of nitrogens with two attached hydrogens (primary N) is 1. The Morgan fingerprint density at radius 1 is 1.03 bits per heavy atom. The van der Waals surface area contributed by atoms with Crippen LogP contribution in [0.4, 0.5) is 5.69 Å². The second-order valence-electron chi connectivity index (χ2n) is 7.83. The van der Waals surface area contributed by atoms with Crippen molar-refractivity contribution in [3.05, 3.63) is 108 Å². The van der Waals surface area contributed by atoms with Crippen LogP contribution in [-0.4, -0.2) is 24.1 Å². The van der Waals surface area contributed by atoms with Gasteiger partial charge in [-0.05, 0) is 36.3 Å². The van der Waals surface area contributed by atoms with Crippen molar-refractivity contribution in [2.24, 2.45) is 5.14 Å². The molecule has 8 heteroatoms. The summed E-state index contributed by atoms with van der Waals surface area (Å²) in [4.78, 5) is 12.5. The minimum atomic E-state index is -3.89. The molecule has 0 unspecified atom stereocenters. The average molecular weight is 473 g/mol. The number of amides is 1. The lowest BCUT2D eigenvalue weighted by Crippen LogP contribution is -2.15. The van der Waals surface area contributed by atoms with Gasteiger partial charge in [0.2, 0.25) is 15.9 Å². The average Bonchev–Trinajstić information content (AvgIpc) is 3.22. The summed E-state index contributed by atoms with van der Waals surface area (Å²) in [6, 6.07) is 24.3. The van der Waals surface area contributed by atoms with Gasteiger partial charge in [-0.2, -0.15) is 5.10 Å². The molecule has 0 radical (unpaired) electrons. The number of rotatable bonds is 7. The first-order valence-corrected chi connectivity index (χ1v) is 12.1. The third-order valence-corrected chi connectivity index (χ3v) is 6.25. The summed E-state index contributed by atoms with van der Waals surface area (Å²) in [5.74, 6) is -0.404. The van der Waals surface area contributed by atoms with E-state index < -0.39 is 15.9 Å². The van der Waals surface area contributed by atoms with Crippen molar-refractivity contribution in [2.75, 3.05) is 5.32 Å². The maximum Gasteiger partial charge on any atom is 0.248 e. The topological polar surface area (TPSA) is 107 Å². The normalized spacial score (nSPS) is 11.6. The quantitative estimate of drug-likeness (QED) is 0.393. The van der Waals surface area contributed by atoms with Crippen LogP contribution in [-0.2, 0) is 21.4 Å². The number of sulfonamides is 1. The number of carbonyl (C=O) groups is 1. The number of carbonyl (C=O) groups excluding carboxylic acids is 1. The fraction of sp³-hybridized carbons (Fsp3) is 0.0769. The van der Waals surface area contributed by atoms with Crippen molar-refractivity contribution in [2.45, 2.75) is 18.4 Å². The van der Waals surface area contributed by atoms with Crippen molar-refractivity contribution in [1.82, 2.24) is 9.78 Å². The van der Waals surface area contributed by atoms with Gasteiger partial charge in [0, 0.05) is 29.1 Å². The zero-order valence-corrected chi connectivity index (χ0v) is 19.4. The van der Waals surface area contributed by atoms with Crippen molar-refractivity contribution in [3.63, 3.8) is 0 Å². The van der Waals surface area contributed by atoms with Crippen molar-refractivity contribution in [3.8, 4) is 11.3 Å². The monoisotopic (exact) mass is 472 g/mol. The Kier molecular flexibility index (Phi) is 6.72. The fourth-order valence-electron chi connectivity index (χ4n) is 3.56. The van der Waals surface area contributed by atoms with E-state index in [9.17, 15) is 13.2 Å². The van der Waals surface area contributed by atoms with Crippen molar-refractivity contribution in [1.29, 1.82) is 0 Å². The lowest BCUT2D eigenvalue weighted by Gasteiger charge is -2.07. The number of aromatic nitrogens is 2. The molecule has 3 aromatic carbocycles. The molecule has 0 bridgehead atoms. The van der Waals surface area contributed by atoms with Crippen LogP contribution in [0, 0.1) is 6.92 Å². The van der Waals surface area contributed by atoms with E-state index >= 15 is 0 Å². The van der Waals surface area contributed by atoms with E-state index in [2.05, 4.69) is 5.32 Å². The van der Waals surface area contributed by atoms with Crippen molar-refractivity contribution < 1.29 is 13.2 Å². The minimum Gasteiger partial charge on any atom is -0.322 e. The molecule has 172 valence electrons. The van der Waals surface area contributed by atoms with E-state index in [0.29, 0.717) is 17.8 Å². The number of nitrogens with one attached hydrogen (secondary N) is 1. The van der Waals surface area contributed by atoms with Gasteiger partial charge >= 0.3 is 0 Å². The fourth-order valence-corrected chi connectivity index (χ4v) is 4.37. The Balaban J connectivity index is 1.58. The van der Waals surface area contributed by atoms with Crippen molar-refractivity contribution >= 4 is 27.7 Å². The molecule has 0 saturated carbocycles. The van der Waals surface area contributed by atoms with E-state index in [1.54, 1.807) is 25.1 Å². The molecule has 4 rings (SSSR count). The summed E-state index contributed by atoms with van der Waals surface area (Å²) in [6.45, 7) is 2.24. The predicted molar refractivity (Wildman–Crippen MR) is 133 cm³/mol. The maximum atomic E-state index is 12.6. The smallest absolute Gasteiger partial charge is 0.248 e. The summed E-state index contributed by atoms with van der Waals surface area (Å²) < 4.78 is 25.3. The molecule has 0 spiro atoms.